The molecule has 2 amide bonds. The third-order valence-corrected chi connectivity index (χ3v) is 4.07. The number of carbonyl (C=O) groups is 2. The summed E-state index contributed by atoms with van der Waals surface area (Å²) < 4.78 is 0. The number of likely N-dealkylation sites (N-methyl/N-ethyl adjacent to an activating group) is 1. The van der Waals surface area contributed by atoms with Crippen LogP contribution in [0.3, 0.4) is 0 Å². The Morgan fingerprint density at radius 3 is 2.72 bits per heavy atom. The van der Waals surface area contributed by atoms with Crippen molar-refractivity contribution in [1.29, 1.82) is 0 Å². The summed E-state index contributed by atoms with van der Waals surface area (Å²) in [4.78, 5) is 28.4. The molecule has 5 heteroatoms. The van der Waals surface area contributed by atoms with E-state index in [9.17, 15) is 9.59 Å². The fourth-order valence-corrected chi connectivity index (χ4v) is 2.99. The van der Waals surface area contributed by atoms with E-state index in [1.54, 1.807) is 0 Å². The number of rotatable bonds is 2. The molecule has 0 aromatic carbocycles. The highest BCUT2D eigenvalue weighted by Gasteiger charge is 2.41. The molecule has 0 saturated carbocycles. The third kappa shape index (κ3) is 2.36. The third-order valence-electron chi connectivity index (χ3n) is 4.07. The zero-order valence-corrected chi connectivity index (χ0v) is 11.5. The number of likely N-dealkylation sites (tertiary alicyclic amines) is 1. The number of piperidine rings is 1. The fourth-order valence-electron chi connectivity index (χ4n) is 2.99. The topological polar surface area (TPSA) is 52.7 Å². The lowest BCUT2D eigenvalue weighted by atomic mass is 9.98. The molecule has 0 radical (unpaired) electrons. The molecule has 2 fully saturated rings. The summed E-state index contributed by atoms with van der Waals surface area (Å²) >= 11 is 0. The first-order valence-electron chi connectivity index (χ1n) is 6.85. The predicted octanol–water partition coefficient (Wildman–Crippen LogP) is 0.206. The fraction of sp³-hybridized carbons (Fsp3) is 0.846. The van der Waals surface area contributed by atoms with Gasteiger partial charge in [-0.15, -0.1) is 0 Å². The maximum absolute atomic E-state index is 12.4. The van der Waals surface area contributed by atoms with Crippen molar-refractivity contribution < 1.29 is 9.59 Å². The first-order chi connectivity index (χ1) is 8.54. The first-order valence-corrected chi connectivity index (χ1v) is 6.85. The van der Waals surface area contributed by atoms with Gasteiger partial charge in [-0.2, -0.15) is 0 Å². The largest absolute Gasteiger partial charge is 0.343 e. The van der Waals surface area contributed by atoms with Gasteiger partial charge in [0.2, 0.25) is 11.8 Å². The smallest absolute Gasteiger partial charge is 0.246 e. The summed E-state index contributed by atoms with van der Waals surface area (Å²) in [6.07, 6.45) is 2.76. The van der Waals surface area contributed by atoms with Gasteiger partial charge in [0.1, 0.15) is 12.1 Å². The zero-order valence-electron chi connectivity index (χ0n) is 11.5. The molecular formula is C13H23N3O2. The molecule has 5 nitrogen and oxygen atoms in total. The minimum absolute atomic E-state index is 0.0188. The van der Waals surface area contributed by atoms with Gasteiger partial charge in [-0.3, -0.25) is 9.59 Å². The van der Waals surface area contributed by atoms with Gasteiger partial charge in [-0.05, 0) is 39.8 Å². The molecule has 2 saturated heterocycles. The summed E-state index contributed by atoms with van der Waals surface area (Å²) in [7, 11) is 2.07. The van der Waals surface area contributed by atoms with Crippen LogP contribution in [-0.4, -0.2) is 59.9 Å². The molecule has 0 aromatic heterocycles. The minimum Gasteiger partial charge on any atom is -0.343 e. The number of nitrogens with zero attached hydrogens (tertiary/aromatic N) is 2. The average molecular weight is 253 g/mol. The maximum Gasteiger partial charge on any atom is 0.246 e. The molecule has 2 aliphatic rings. The van der Waals surface area contributed by atoms with E-state index in [2.05, 4.69) is 17.3 Å². The Morgan fingerprint density at radius 1 is 1.39 bits per heavy atom. The second-order valence-corrected chi connectivity index (χ2v) is 5.45. The number of amides is 2. The number of piperazine rings is 1. The van der Waals surface area contributed by atoms with E-state index in [1.807, 2.05) is 18.7 Å². The van der Waals surface area contributed by atoms with Crippen molar-refractivity contribution >= 4 is 11.8 Å². The monoisotopic (exact) mass is 253 g/mol. The lowest BCUT2D eigenvalue weighted by molar-refractivity contribution is -0.152. The second-order valence-electron chi connectivity index (χ2n) is 5.45. The van der Waals surface area contributed by atoms with Crippen molar-refractivity contribution in [3.05, 3.63) is 0 Å². The van der Waals surface area contributed by atoms with Gasteiger partial charge in [0, 0.05) is 12.6 Å². The lowest BCUT2D eigenvalue weighted by Gasteiger charge is -2.45. The molecular weight excluding hydrogens is 230 g/mol. The van der Waals surface area contributed by atoms with Crippen LogP contribution in [0, 0.1) is 0 Å². The summed E-state index contributed by atoms with van der Waals surface area (Å²) in [5, 5.41) is 2.80. The van der Waals surface area contributed by atoms with Gasteiger partial charge in [0.05, 0.1) is 0 Å². The van der Waals surface area contributed by atoms with Crippen LogP contribution in [0.25, 0.3) is 0 Å². The molecule has 0 aromatic rings. The summed E-state index contributed by atoms with van der Waals surface area (Å²) in [6.45, 7) is 5.72. The molecule has 0 aliphatic carbocycles. The molecule has 1 N–H and O–H groups in total. The van der Waals surface area contributed by atoms with Crippen molar-refractivity contribution in [2.45, 2.75) is 51.2 Å². The van der Waals surface area contributed by atoms with Crippen LogP contribution in [0.2, 0.25) is 0 Å². The van der Waals surface area contributed by atoms with E-state index in [0.717, 1.165) is 25.9 Å². The van der Waals surface area contributed by atoms with Crippen LogP contribution in [0.4, 0.5) is 0 Å². The highest BCUT2D eigenvalue weighted by Crippen LogP contribution is 2.21. The van der Waals surface area contributed by atoms with E-state index >= 15 is 0 Å². The van der Waals surface area contributed by atoms with E-state index < -0.39 is 0 Å². The Morgan fingerprint density at radius 2 is 2.11 bits per heavy atom. The molecule has 3 atom stereocenters. The van der Waals surface area contributed by atoms with E-state index in [1.165, 1.54) is 0 Å². The van der Waals surface area contributed by atoms with Crippen LogP contribution in [0.1, 0.15) is 33.1 Å². The van der Waals surface area contributed by atoms with Crippen molar-refractivity contribution in [3.63, 3.8) is 0 Å². The van der Waals surface area contributed by atoms with Gasteiger partial charge in [-0.1, -0.05) is 6.92 Å². The molecule has 2 heterocycles. The molecule has 2 rings (SSSR count). The van der Waals surface area contributed by atoms with E-state index in [0.29, 0.717) is 6.42 Å². The highest BCUT2D eigenvalue weighted by molar-refractivity contribution is 5.96. The molecule has 2 aliphatic heterocycles. The van der Waals surface area contributed by atoms with Crippen LogP contribution in [0.15, 0.2) is 0 Å². The number of carbonyl (C=O) groups excluding carboxylic acids is 2. The molecule has 0 spiro atoms. The number of hydrogen-bond acceptors (Lipinski definition) is 3. The van der Waals surface area contributed by atoms with E-state index in [4.69, 9.17) is 0 Å². The first kappa shape index (κ1) is 13.3. The quantitative estimate of drug-likeness (QED) is 0.765. The van der Waals surface area contributed by atoms with Gasteiger partial charge in [0.25, 0.3) is 0 Å². The van der Waals surface area contributed by atoms with Gasteiger partial charge in [0.15, 0.2) is 0 Å². The molecule has 102 valence electrons. The van der Waals surface area contributed by atoms with Gasteiger partial charge < -0.3 is 15.1 Å². The normalized spacial score (nSPS) is 34.6. The van der Waals surface area contributed by atoms with Crippen LogP contribution < -0.4 is 5.32 Å². The van der Waals surface area contributed by atoms with Crippen molar-refractivity contribution in [2.24, 2.45) is 0 Å². The average Bonchev–Trinajstić information content (AvgIpc) is 2.34. The minimum atomic E-state index is -0.336. The van der Waals surface area contributed by atoms with Crippen LogP contribution >= 0.6 is 0 Å². The molecule has 3 unspecified atom stereocenters. The summed E-state index contributed by atoms with van der Waals surface area (Å²) in [6, 6.07) is -0.482. The van der Waals surface area contributed by atoms with Crippen molar-refractivity contribution in [2.75, 3.05) is 20.1 Å². The zero-order chi connectivity index (χ0) is 13.3. The SMILES string of the molecule is CCC1NC(=O)C(C)N(C2CCCN(C)C2)C1=O. The predicted molar refractivity (Wildman–Crippen MR) is 69.0 cm³/mol. The lowest BCUT2D eigenvalue weighted by Crippen LogP contribution is -2.66. The Labute approximate surface area is 108 Å². The Balaban J connectivity index is 2.16. The number of hydrogen-bond donors (Lipinski definition) is 1. The highest BCUT2D eigenvalue weighted by atomic mass is 16.2. The molecule has 18 heavy (non-hydrogen) atoms. The van der Waals surface area contributed by atoms with E-state index in [-0.39, 0.29) is 29.9 Å². The second kappa shape index (κ2) is 5.26. The maximum atomic E-state index is 12.4. The van der Waals surface area contributed by atoms with Gasteiger partial charge in [-0.25, -0.2) is 0 Å². The number of nitrogens with one attached hydrogen (secondary N) is 1. The van der Waals surface area contributed by atoms with Crippen LogP contribution in [-0.2, 0) is 9.59 Å². The Kier molecular flexibility index (Phi) is 3.90. The standard InChI is InChI=1S/C13H23N3O2/c1-4-11-13(18)16(9(2)12(17)14-11)10-6-5-7-15(3)8-10/h9-11H,4-8H2,1-3H3,(H,14,17). The molecule has 0 bridgehead atoms. The summed E-state index contributed by atoms with van der Waals surface area (Å²) in [5.74, 6) is 0.0691. The Hall–Kier alpha value is -1.10. The van der Waals surface area contributed by atoms with Crippen LogP contribution in [0.5, 0.6) is 0 Å². The van der Waals surface area contributed by atoms with Crippen molar-refractivity contribution in [3.8, 4) is 0 Å². The van der Waals surface area contributed by atoms with Crippen molar-refractivity contribution in [1.82, 2.24) is 15.1 Å². The Bertz CT molecular complexity index is 345. The van der Waals surface area contributed by atoms with Gasteiger partial charge >= 0.3 is 0 Å². The summed E-state index contributed by atoms with van der Waals surface area (Å²) in [5.41, 5.74) is 0.